The van der Waals surface area contributed by atoms with Gasteiger partial charge in [-0.05, 0) is 29.8 Å². The molecule has 3 amide bonds. The first-order chi connectivity index (χ1) is 13.0. The zero-order chi connectivity index (χ0) is 19.3. The van der Waals surface area contributed by atoms with Crippen LogP contribution >= 0.6 is 0 Å². The molecular weight excluding hydrogens is 349 g/mol. The van der Waals surface area contributed by atoms with Crippen molar-refractivity contribution in [1.82, 2.24) is 10.2 Å². The molecule has 3 rings (SSSR count). The lowest BCUT2D eigenvalue weighted by Crippen LogP contribution is -2.46. The lowest BCUT2D eigenvalue weighted by Gasteiger charge is -2.21. The van der Waals surface area contributed by atoms with Crippen LogP contribution in [0, 0.1) is 0 Å². The highest BCUT2D eigenvalue weighted by Crippen LogP contribution is 2.27. The summed E-state index contributed by atoms with van der Waals surface area (Å²) < 4.78 is 20.1. The van der Waals surface area contributed by atoms with E-state index in [9.17, 15) is 9.59 Å². The van der Waals surface area contributed by atoms with E-state index in [2.05, 4.69) is 10.6 Å². The van der Waals surface area contributed by atoms with Crippen LogP contribution in [0.5, 0.6) is 5.75 Å². The molecule has 0 saturated carbocycles. The Morgan fingerprint density at radius 3 is 2.52 bits per heavy atom. The van der Waals surface area contributed by atoms with Gasteiger partial charge in [0.2, 0.25) is 5.67 Å². The van der Waals surface area contributed by atoms with Crippen molar-refractivity contribution < 1.29 is 18.7 Å². The van der Waals surface area contributed by atoms with Gasteiger partial charge in [0.25, 0.3) is 5.91 Å². The summed E-state index contributed by atoms with van der Waals surface area (Å²) in [7, 11) is 1.56. The third-order valence-corrected chi connectivity index (χ3v) is 4.55. The first kappa shape index (κ1) is 18.7. The number of alkyl halides is 1. The Balaban J connectivity index is 1.54. The topological polar surface area (TPSA) is 70.7 Å². The van der Waals surface area contributed by atoms with E-state index in [1.165, 1.54) is 4.90 Å². The Labute approximate surface area is 157 Å². The molecule has 1 unspecified atom stereocenters. The maximum atomic E-state index is 15.0. The number of halogens is 1. The summed E-state index contributed by atoms with van der Waals surface area (Å²) in [6.45, 7) is 0.163. The fraction of sp³-hybridized carbons (Fsp3) is 0.300. The van der Waals surface area contributed by atoms with E-state index < -0.39 is 17.6 Å². The maximum Gasteiger partial charge on any atom is 0.321 e. The molecular formula is C20H22FN3O3. The number of benzene rings is 2. The van der Waals surface area contributed by atoms with E-state index in [1.54, 1.807) is 31.4 Å². The number of hydrogen-bond donors (Lipinski definition) is 2. The number of carbonyl (C=O) groups excluding carboxylic acids is 2. The van der Waals surface area contributed by atoms with Crippen molar-refractivity contribution in [2.24, 2.45) is 0 Å². The van der Waals surface area contributed by atoms with Gasteiger partial charge in [-0.3, -0.25) is 4.79 Å². The maximum absolute atomic E-state index is 15.0. The Hall–Kier alpha value is -3.09. The van der Waals surface area contributed by atoms with Gasteiger partial charge in [-0.25, -0.2) is 9.18 Å². The van der Waals surface area contributed by atoms with E-state index in [1.807, 2.05) is 30.3 Å². The van der Waals surface area contributed by atoms with Gasteiger partial charge in [-0.15, -0.1) is 0 Å². The number of urea groups is 1. The Morgan fingerprint density at radius 1 is 1.15 bits per heavy atom. The van der Waals surface area contributed by atoms with Crippen LogP contribution in [-0.4, -0.2) is 42.7 Å². The van der Waals surface area contributed by atoms with Crippen molar-refractivity contribution in [2.75, 3.05) is 25.5 Å². The van der Waals surface area contributed by atoms with Gasteiger partial charge in [0, 0.05) is 25.2 Å². The highest BCUT2D eigenvalue weighted by Gasteiger charge is 2.46. The standard InChI is InChI=1S/C20H22FN3O3/c1-27-17-9-7-16(8-10-17)23-19(26)24-12-11-20(21,14-24)18(25)22-13-15-5-3-2-4-6-15/h2-10H,11-14H2,1H3,(H,22,25)(H,23,26). The van der Waals surface area contributed by atoms with E-state index in [-0.39, 0.29) is 26.1 Å². The minimum Gasteiger partial charge on any atom is -0.497 e. The average Bonchev–Trinajstić information content (AvgIpc) is 3.11. The summed E-state index contributed by atoms with van der Waals surface area (Å²) in [5, 5.41) is 5.32. The van der Waals surface area contributed by atoms with Crippen LogP contribution in [0.3, 0.4) is 0 Å². The second-order valence-corrected chi connectivity index (χ2v) is 6.46. The molecule has 0 aromatic heterocycles. The van der Waals surface area contributed by atoms with Crippen LogP contribution in [0.1, 0.15) is 12.0 Å². The molecule has 142 valence electrons. The highest BCUT2D eigenvalue weighted by molar-refractivity contribution is 5.92. The number of hydrogen-bond acceptors (Lipinski definition) is 3. The van der Waals surface area contributed by atoms with E-state index in [0.29, 0.717) is 11.4 Å². The predicted octanol–water partition coefficient (Wildman–Crippen LogP) is 2.96. The first-order valence-electron chi connectivity index (χ1n) is 8.71. The van der Waals surface area contributed by atoms with Gasteiger partial charge < -0.3 is 20.3 Å². The number of nitrogens with zero attached hydrogens (tertiary/aromatic N) is 1. The Bertz CT molecular complexity index is 798. The molecule has 27 heavy (non-hydrogen) atoms. The van der Waals surface area contributed by atoms with Gasteiger partial charge in [-0.1, -0.05) is 30.3 Å². The van der Waals surface area contributed by atoms with Crippen LogP contribution in [0.25, 0.3) is 0 Å². The molecule has 0 aliphatic carbocycles. The van der Waals surface area contributed by atoms with Crippen molar-refractivity contribution in [3.8, 4) is 5.75 Å². The number of nitrogens with one attached hydrogen (secondary N) is 2. The van der Waals surface area contributed by atoms with Crippen LogP contribution in [0.4, 0.5) is 14.9 Å². The van der Waals surface area contributed by atoms with Crippen LogP contribution in [0.2, 0.25) is 0 Å². The summed E-state index contributed by atoms with van der Waals surface area (Å²) in [5.41, 5.74) is -0.612. The van der Waals surface area contributed by atoms with Crippen LogP contribution < -0.4 is 15.4 Å². The predicted molar refractivity (Wildman–Crippen MR) is 100 cm³/mol. The largest absolute Gasteiger partial charge is 0.497 e. The summed E-state index contributed by atoms with van der Waals surface area (Å²) >= 11 is 0. The number of amides is 3. The summed E-state index contributed by atoms with van der Waals surface area (Å²) in [6, 6.07) is 15.7. The number of methoxy groups -OCH3 is 1. The fourth-order valence-corrected chi connectivity index (χ4v) is 2.94. The van der Waals surface area contributed by atoms with Gasteiger partial charge in [0.15, 0.2) is 0 Å². The van der Waals surface area contributed by atoms with E-state index in [4.69, 9.17) is 4.74 Å². The molecule has 6 nitrogen and oxygen atoms in total. The third kappa shape index (κ3) is 4.55. The monoisotopic (exact) mass is 371 g/mol. The molecule has 7 heteroatoms. The molecule has 2 aromatic carbocycles. The van der Waals surface area contributed by atoms with Gasteiger partial charge in [0.1, 0.15) is 5.75 Å². The second-order valence-electron chi connectivity index (χ2n) is 6.46. The Morgan fingerprint density at radius 2 is 1.85 bits per heavy atom. The normalized spacial score (nSPS) is 18.8. The molecule has 2 aromatic rings. The number of likely N-dealkylation sites (tertiary alicyclic amines) is 1. The van der Waals surface area contributed by atoms with Crippen molar-refractivity contribution in [1.29, 1.82) is 0 Å². The summed E-state index contributed by atoms with van der Waals surface area (Å²) in [5.74, 6) is -0.0156. The number of anilines is 1. The number of ether oxygens (including phenoxy) is 1. The fourth-order valence-electron chi connectivity index (χ4n) is 2.94. The molecule has 2 N–H and O–H groups in total. The zero-order valence-electron chi connectivity index (χ0n) is 15.1. The van der Waals surface area contributed by atoms with Crippen LogP contribution in [0.15, 0.2) is 54.6 Å². The third-order valence-electron chi connectivity index (χ3n) is 4.55. The Kier molecular flexibility index (Phi) is 5.59. The lowest BCUT2D eigenvalue weighted by atomic mass is 10.0. The van der Waals surface area contributed by atoms with Crippen molar-refractivity contribution in [2.45, 2.75) is 18.6 Å². The molecule has 1 heterocycles. The molecule has 1 aliphatic rings. The average molecular weight is 371 g/mol. The lowest BCUT2D eigenvalue weighted by molar-refractivity contribution is -0.132. The smallest absolute Gasteiger partial charge is 0.321 e. The quantitative estimate of drug-likeness (QED) is 0.849. The summed E-state index contributed by atoms with van der Waals surface area (Å²) in [6.07, 6.45) is -0.0242. The number of rotatable bonds is 5. The second kappa shape index (κ2) is 8.07. The van der Waals surface area contributed by atoms with Crippen LogP contribution in [-0.2, 0) is 11.3 Å². The number of carbonyl (C=O) groups is 2. The molecule has 1 fully saturated rings. The molecule has 1 atom stereocenters. The minimum atomic E-state index is -2.08. The molecule has 0 spiro atoms. The van der Waals surface area contributed by atoms with Gasteiger partial charge >= 0.3 is 6.03 Å². The highest BCUT2D eigenvalue weighted by atomic mass is 19.1. The van der Waals surface area contributed by atoms with Crippen molar-refractivity contribution in [3.05, 3.63) is 60.2 Å². The van der Waals surface area contributed by atoms with Crippen molar-refractivity contribution >= 4 is 17.6 Å². The minimum absolute atomic E-state index is 0.0242. The van der Waals surface area contributed by atoms with E-state index in [0.717, 1.165) is 5.56 Å². The zero-order valence-corrected chi connectivity index (χ0v) is 15.1. The van der Waals surface area contributed by atoms with E-state index >= 15 is 4.39 Å². The molecule has 0 radical (unpaired) electrons. The van der Waals surface area contributed by atoms with Gasteiger partial charge in [-0.2, -0.15) is 0 Å². The molecule has 1 aliphatic heterocycles. The van der Waals surface area contributed by atoms with Gasteiger partial charge in [0.05, 0.1) is 13.7 Å². The molecule has 1 saturated heterocycles. The molecule has 0 bridgehead atoms. The SMILES string of the molecule is COc1ccc(NC(=O)N2CCC(F)(C(=O)NCc3ccccc3)C2)cc1. The summed E-state index contributed by atoms with van der Waals surface area (Å²) in [4.78, 5) is 25.9. The van der Waals surface area contributed by atoms with Crippen molar-refractivity contribution in [3.63, 3.8) is 0 Å². The first-order valence-corrected chi connectivity index (χ1v) is 8.71.